The molecule has 2 aromatic heterocycles. The Morgan fingerprint density at radius 1 is 1.06 bits per heavy atom. The lowest BCUT2D eigenvalue weighted by Gasteiger charge is -2.15. The minimum absolute atomic E-state index is 0.0128. The van der Waals surface area contributed by atoms with Gasteiger partial charge >= 0.3 is 5.63 Å². The lowest BCUT2D eigenvalue weighted by atomic mass is 10.1. The van der Waals surface area contributed by atoms with Crippen molar-refractivity contribution in [1.82, 2.24) is 5.16 Å². The number of fused-ring (bicyclic) bond motifs is 1. The highest BCUT2D eigenvalue weighted by atomic mass is 32.2. The first-order chi connectivity index (χ1) is 16.5. The van der Waals surface area contributed by atoms with Crippen LogP contribution in [0.15, 0.2) is 67.2 Å². The maximum Gasteiger partial charge on any atom is 0.336 e. The van der Waals surface area contributed by atoms with Crippen molar-refractivity contribution in [2.24, 2.45) is 0 Å². The summed E-state index contributed by atoms with van der Waals surface area (Å²) < 4.78 is 43.5. The van der Waals surface area contributed by atoms with E-state index in [0.717, 1.165) is 10.9 Å². The highest BCUT2D eigenvalue weighted by molar-refractivity contribution is 7.92. The van der Waals surface area contributed by atoms with Gasteiger partial charge in [0.05, 0.1) is 10.6 Å². The standard InChI is InChI=1S/C24H23N3O7S/c1-13-11-22(28)33-21-12-18(7-10-20(13)21)32-16(4)23(29)25-17-5-8-19(9-6-17)35(30,31)27-24-14(2)15(3)26-34-24/h5-12,16,27H,1-4H3,(H,25,29). The van der Waals surface area contributed by atoms with Gasteiger partial charge in [-0.05, 0) is 69.7 Å². The molecule has 0 aliphatic carbocycles. The number of ether oxygens (including phenoxy) is 1. The molecule has 2 aromatic carbocycles. The number of carbonyl (C=O) groups excluding carboxylic acids is 1. The number of benzene rings is 2. The van der Waals surface area contributed by atoms with Crippen LogP contribution in [-0.4, -0.2) is 25.6 Å². The third-order valence-electron chi connectivity index (χ3n) is 5.42. The maximum atomic E-state index is 12.6. The van der Waals surface area contributed by atoms with Crippen LogP contribution in [0.2, 0.25) is 0 Å². The predicted molar refractivity (Wildman–Crippen MR) is 129 cm³/mol. The van der Waals surface area contributed by atoms with E-state index in [1.54, 1.807) is 45.9 Å². The van der Waals surface area contributed by atoms with E-state index in [-0.39, 0.29) is 10.8 Å². The Labute approximate surface area is 200 Å². The van der Waals surface area contributed by atoms with Crippen LogP contribution in [-0.2, 0) is 14.8 Å². The Kier molecular flexibility index (Phi) is 6.35. The van der Waals surface area contributed by atoms with Crippen molar-refractivity contribution in [2.45, 2.75) is 38.7 Å². The van der Waals surface area contributed by atoms with Gasteiger partial charge in [0.15, 0.2) is 6.10 Å². The zero-order chi connectivity index (χ0) is 25.3. The van der Waals surface area contributed by atoms with Crippen molar-refractivity contribution in [3.63, 3.8) is 0 Å². The summed E-state index contributed by atoms with van der Waals surface area (Å²) in [5.41, 5.74) is 2.23. The molecule has 0 bridgehead atoms. The average molecular weight is 498 g/mol. The van der Waals surface area contributed by atoms with Gasteiger partial charge in [-0.2, -0.15) is 0 Å². The molecule has 182 valence electrons. The van der Waals surface area contributed by atoms with Crippen molar-refractivity contribution in [3.8, 4) is 5.75 Å². The van der Waals surface area contributed by atoms with Gasteiger partial charge in [-0.3, -0.25) is 4.79 Å². The minimum Gasteiger partial charge on any atom is -0.481 e. The van der Waals surface area contributed by atoms with Gasteiger partial charge in [0, 0.05) is 28.8 Å². The molecule has 1 amide bonds. The largest absolute Gasteiger partial charge is 0.481 e. The molecule has 2 N–H and O–H groups in total. The molecule has 0 fully saturated rings. The van der Waals surface area contributed by atoms with E-state index < -0.39 is 27.7 Å². The number of aryl methyl sites for hydroxylation is 2. The van der Waals surface area contributed by atoms with Crippen molar-refractivity contribution in [2.75, 3.05) is 10.0 Å². The molecule has 10 nitrogen and oxygen atoms in total. The number of aromatic nitrogens is 1. The number of nitrogens with one attached hydrogen (secondary N) is 2. The molecule has 0 saturated heterocycles. The molecule has 0 aliphatic rings. The third kappa shape index (κ3) is 5.19. The summed E-state index contributed by atoms with van der Waals surface area (Å²) in [6.07, 6.45) is -0.883. The lowest BCUT2D eigenvalue weighted by Crippen LogP contribution is -2.30. The van der Waals surface area contributed by atoms with E-state index in [1.807, 2.05) is 0 Å². The van der Waals surface area contributed by atoms with Gasteiger partial charge in [-0.25, -0.2) is 17.9 Å². The zero-order valence-corrected chi connectivity index (χ0v) is 20.2. The number of hydrogen-bond acceptors (Lipinski definition) is 8. The summed E-state index contributed by atoms with van der Waals surface area (Å²) >= 11 is 0. The summed E-state index contributed by atoms with van der Waals surface area (Å²) in [5, 5.41) is 7.18. The Morgan fingerprint density at radius 3 is 2.43 bits per heavy atom. The average Bonchev–Trinajstić information content (AvgIpc) is 3.10. The quantitative estimate of drug-likeness (QED) is 0.366. The molecular formula is C24H23N3O7S. The maximum absolute atomic E-state index is 12.6. The van der Waals surface area contributed by atoms with Crippen LogP contribution < -0.4 is 20.4 Å². The summed E-state index contributed by atoms with van der Waals surface area (Å²) in [6.45, 7) is 6.77. The van der Waals surface area contributed by atoms with E-state index in [9.17, 15) is 18.0 Å². The Bertz CT molecular complexity index is 1570. The molecule has 1 atom stereocenters. The van der Waals surface area contributed by atoms with Crippen molar-refractivity contribution in [3.05, 3.63) is 75.8 Å². The van der Waals surface area contributed by atoms with Crippen LogP contribution in [0.3, 0.4) is 0 Å². The van der Waals surface area contributed by atoms with E-state index in [0.29, 0.717) is 28.3 Å². The first kappa shape index (κ1) is 24.0. The first-order valence-corrected chi connectivity index (χ1v) is 12.1. The van der Waals surface area contributed by atoms with Gasteiger partial charge in [0.1, 0.15) is 11.3 Å². The molecule has 1 unspecified atom stereocenters. The van der Waals surface area contributed by atoms with Gasteiger partial charge < -0.3 is 19.0 Å². The Hall–Kier alpha value is -4.12. The van der Waals surface area contributed by atoms with Crippen LogP contribution in [0, 0.1) is 20.8 Å². The van der Waals surface area contributed by atoms with Crippen molar-refractivity contribution in [1.29, 1.82) is 0 Å². The first-order valence-electron chi connectivity index (χ1n) is 10.6. The topological polar surface area (TPSA) is 141 Å². The second kappa shape index (κ2) is 9.26. The molecule has 4 aromatic rings. The van der Waals surface area contributed by atoms with Gasteiger partial charge in [-0.15, -0.1) is 0 Å². The number of sulfonamides is 1. The van der Waals surface area contributed by atoms with E-state index in [4.69, 9.17) is 13.7 Å². The summed E-state index contributed by atoms with van der Waals surface area (Å²) in [6, 6.07) is 12.0. The van der Waals surface area contributed by atoms with E-state index in [1.165, 1.54) is 30.3 Å². The zero-order valence-electron chi connectivity index (χ0n) is 19.4. The van der Waals surface area contributed by atoms with Crippen LogP contribution in [0.1, 0.15) is 23.7 Å². The number of carbonyl (C=O) groups is 1. The van der Waals surface area contributed by atoms with Crippen molar-refractivity contribution >= 4 is 38.5 Å². The molecule has 4 rings (SSSR count). The second-order valence-electron chi connectivity index (χ2n) is 8.01. The normalized spacial score (nSPS) is 12.3. The Morgan fingerprint density at radius 2 is 1.77 bits per heavy atom. The molecular weight excluding hydrogens is 474 g/mol. The molecule has 2 heterocycles. The molecule has 35 heavy (non-hydrogen) atoms. The van der Waals surface area contributed by atoms with Crippen molar-refractivity contribution < 1.29 is 26.9 Å². The Balaban J connectivity index is 1.42. The molecule has 0 aliphatic heterocycles. The summed E-state index contributed by atoms with van der Waals surface area (Å²) in [5.74, 6) is -0.0365. The number of hydrogen-bond donors (Lipinski definition) is 2. The number of nitrogens with zero attached hydrogens (tertiary/aromatic N) is 1. The van der Waals surface area contributed by atoms with Gasteiger partial charge in [0.25, 0.3) is 15.9 Å². The number of amides is 1. The third-order valence-corrected chi connectivity index (χ3v) is 6.77. The monoisotopic (exact) mass is 497 g/mol. The molecule has 0 spiro atoms. The fourth-order valence-electron chi connectivity index (χ4n) is 3.29. The molecule has 0 saturated carbocycles. The molecule has 0 radical (unpaired) electrons. The smallest absolute Gasteiger partial charge is 0.336 e. The highest BCUT2D eigenvalue weighted by Gasteiger charge is 2.20. The van der Waals surface area contributed by atoms with Crippen LogP contribution in [0.25, 0.3) is 11.0 Å². The van der Waals surface area contributed by atoms with E-state index in [2.05, 4.69) is 15.2 Å². The minimum atomic E-state index is -3.90. The van der Waals surface area contributed by atoms with E-state index >= 15 is 0 Å². The molecule has 11 heteroatoms. The van der Waals surface area contributed by atoms with Crippen LogP contribution in [0.5, 0.6) is 5.75 Å². The number of anilines is 2. The predicted octanol–water partition coefficient (Wildman–Crippen LogP) is 3.91. The number of rotatable bonds is 7. The summed E-state index contributed by atoms with van der Waals surface area (Å²) in [7, 11) is -3.90. The highest BCUT2D eigenvalue weighted by Crippen LogP contribution is 2.24. The second-order valence-corrected chi connectivity index (χ2v) is 9.69. The fraction of sp³-hybridized carbons (Fsp3) is 0.208. The summed E-state index contributed by atoms with van der Waals surface area (Å²) in [4.78, 5) is 24.2. The van der Waals surface area contributed by atoms with Crippen LogP contribution in [0.4, 0.5) is 11.6 Å². The van der Waals surface area contributed by atoms with Gasteiger partial charge in [-0.1, -0.05) is 5.16 Å². The van der Waals surface area contributed by atoms with Gasteiger partial charge in [0.2, 0.25) is 5.88 Å². The fourth-order valence-corrected chi connectivity index (χ4v) is 4.34. The lowest BCUT2D eigenvalue weighted by molar-refractivity contribution is -0.122. The SMILES string of the molecule is Cc1noc(NS(=O)(=O)c2ccc(NC(=O)C(C)Oc3ccc4c(C)cc(=O)oc4c3)cc2)c1C. The van der Waals surface area contributed by atoms with Crippen LogP contribution >= 0.6 is 0 Å².